The Kier molecular flexibility index (Phi) is 8.73. The zero-order chi connectivity index (χ0) is 24.2. The first-order valence-electron chi connectivity index (χ1n) is 10.4. The molecule has 0 aliphatic carbocycles. The Morgan fingerprint density at radius 3 is 2.61 bits per heavy atom. The van der Waals surface area contributed by atoms with Crippen LogP contribution in [-0.4, -0.2) is 57.2 Å². The molecule has 0 bridgehead atoms. The molecule has 0 spiro atoms. The van der Waals surface area contributed by atoms with Crippen LogP contribution in [0.4, 0.5) is 14.6 Å². The Bertz CT molecular complexity index is 1090. The molecule has 3 rings (SSSR count). The number of halogens is 3. The van der Waals surface area contributed by atoms with Crippen molar-refractivity contribution in [2.45, 2.75) is 43.0 Å². The fraction of sp³-hybridized carbons (Fsp3) is 0.500. The molecule has 2 aromatic rings. The summed E-state index contributed by atoms with van der Waals surface area (Å²) in [6.07, 6.45) is 0.786. The van der Waals surface area contributed by atoms with Gasteiger partial charge >= 0.3 is 10.2 Å². The molecule has 182 valence electrons. The summed E-state index contributed by atoms with van der Waals surface area (Å²) in [6.45, 7) is 7.69. The highest BCUT2D eigenvalue weighted by atomic mass is 35.5. The molecule has 7 nitrogen and oxygen atoms in total. The fourth-order valence-electron chi connectivity index (χ4n) is 2.81. The van der Waals surface area contributed by atoms with Gasteiger partial charge in [0.15, 0.2) is 22.6 Å². The van der Waals surface area contributed by atoms with E-state index >= 15 is 0 Å². The van der Waals surface area contributed by atoms with Crippen LogP contribution in [0.2, 0.25) is 30.8 Å². The molecule has 1 aromatic heterocycles. The number of benzene rings is 1. The third kappa shape index (κ3) is 7.09. The number of thioether (sulfide) groups is 1. The van der Waals surface area contributed by atoms with Gasteiger partial charge in [0.1, 0.15) is 11.9 Å². The van der Waals surface area contributed by atoms with Crippen molar-refractivity contribution in [2.75, 3.05) is 30.7 Å². The third-order valence-corrected chi connectivity index (χ3v) is 9.59. The van der Waals surface area contributed by atoms with E-state index in [2.05, 4.69) is 29.6 Å². The molecule has 1 aromatic carbocycles. The SMILES string of the molecule is C[Si](C)(C)CCOCN(c1cc(Cl)nc(SCc2cccc(F)c2F)n1)S(=O)(=O)N1CCC1. The van der Waals surface area contributed by atoms with Gasteiger partial charge < -0.3 is 4.74 Å². The Morgan fingerprint density at radius 1 is 1.24 bits per heavy atom. The van der Waals surface area contributed by atoms with Gasteiger partial charge in [0.05, 0.1) is 0 Å². The van der Waals surface area contributed by atoms with Gasteiger partial charge in [0, 0.05) is 45.2 Å². The maximum atomic E-state index is 14.0. The molecule has 1 saturated heterocycles. The smallest absolute Gasteiger partial charge is 0.307 e. The van der Waals surface area contributed by atoms with Crippen LogP contribution in [0, 0.1) is 11.6 Å². The van der Waals surface area contributed by atoms with Gasteiger partial charge in [-0.15, -0.1) is 0 Å². The summed E-state index contributed by atoms with van der Waals surface area (Å²) in [4.78, 5) is 8.44. The zero-order valence-corrected chi connectivity index (χ0v) is 22.1. The van der Waals surface area contributed by atoms with Crippen molar-refractivity contribution in [2.24, 2.45) is 0 Å². The van der Waals surface area contributed by atoms with Crippen molar-refractivity contribution in [3.8, 4) is 0 Å². The molecule has 0 radical (unpaired) electrons. The van der Waals surface area contributed by atoms with Gasteiger partial charge in [0.2, 0.25) is 0 Å². The molecule has 0 atom stereocenters. The summed E-state index contributed by atoms with van der Waals surface area (Å²) >= 11 is 7.19. The first kappa shape index (κ1) is 26.3. The summed E-state index contributed by atoms with van der Waals surface area (Å²) in [5, 5.41) is 0.181. The molecule has 33 heavy (non-hydrogen) atoms. The normalized spacial score (nSPS) is 14.8. The second kappa shape index (κ2) is 11.0. The van der Waals surface area contributed by atoms with Gasteiger partial charge in [-0.25, -0.2) is 23.1 Å². The lowest BCUT2D eigenvalue weighted by molar-refractivity contribution is 0.154. The minimum atomic E-state index is -3.86. The molecule has 0 N–H and O–H groups in total. The highest BCUT2D eigenvalue weighted by Crippen LogP contribution is 2.29. The molecule has 0 amide bonds. The van der Waals surface area contributed by atoms with Gasteiger partial charge in [-0.05, 0) is 18.5 Å². The first-order valence-corrected chi connectivity index (χ1v) is 16.9. The number of hydrogen-bond acceptors (Lipinski definition) is 6. The molecule has 2 heterocycles. The van der Waals surface area contributed by atoms with E-state index in [-0.39, 0.29) is 34.2 Å². The van der Waals surface area contributed by atoms with E-state index in [1.165, 1.54) is 22.5 Å². The molecule has 1 fully saturated rings. The number of ether oxygens (including phenoxy) is 1. The lowest BCUT2D eigenvalue weighted by Gasteiger charge is -2.35. The lowest BCUT2D eigenvalue weighted by atomic mass is 10.2. The average molecular weight is 537 g/mol. The molecule has 13 heteroatoms. The maximum Gasteiger partial charge on any atom is 0.307 e. The lowest BCUT2D eigenvalue weighted by Crippen LogP contribution is -2.51. The Balaban J connectivity index is 1.81. The number of nitrogens with zero attached hydrogens (tertiary/aromatic N) is 4. The van der Waals surface area contributed by atoms with E-state index in [9.17, 15) is 17.2 Å². The van der Waals surface area contributed by atoms with Crippen molar-refractivity contribution in [1.29, 1.82) is 0 Å². The van der Waals surface area contributed by atoms with E-state index in [1.807, 2.05) is 0 Å². The molecular formula is C20H27ClF2N4O3S2Si. The Morgan fingerprint density at radius 2 is 1.97 bits per heavy atom. The predicted octanol–water partition coefficient (Wildman–Crippen LogP) is 4.77. The van der Waals surface area contributed by atoms with E-state index in [1.54, 1.807) is 0 Å². The van der Waals surface area contributed by atoms with Gasteiger partial charge in [-0.3, -0.25) is 0 Å². The van der Waals surface area contributed by atoms with Crippen molar-refractivity contribution >= 4 is 47.5 Å². The summed E-state index contributed by atoms with van der Waals surface area (Å²) < 4.78 is 61.9. The van der Waals surface area contributed by atoms with E-state index in [0.717, 1.165) is 34.6 Å². The Labute approximate surface area is 203 Å². The van der Waals surface area contributed by atoms with Crippen LogP contribution >= 0.6 is 23.4 Å². The van der Waals surface area contributed by atoms with Crippen molar-refractivity contribution in [3.05, 3.63) is 46.6 Å². The maximum absolute atomic E-state index is 14.0. The first-order chi connectivity index (χ1) is 15.5. The monoisotopic (exact) mass is 536 g/mol. The van der Waals surface area contributed by atoms with E-state index in [4.69, 9.17) is 16.3 Å². The predicted molar refractivity (Wildman–Crippen MR) is 130 cm³/mol. The van der Waals surface area contributed by atoms with Crippen molar-refractivity contribution < 1.29 is 21.9 Å². The zero-order valence-electron chi connectivity index (χ0n) is 18.7. The summed E-state index contributed by atoms with van der Waals surface area (Å²) in [5.41, 5.74) is 0.143. The third-order valence-electron chi connectivity index (χ3n) is 4.93. The number of rotatable bonds is 11. The minimum Gasteiger partial charge on any atom is -0.360 e. The summed E-state index contributed by atoms with van der Waals surface area (Å²) in [6, 6.07) is 6.16. The van der Waals surface area contributed by atoms with E-state index in [0.29, 0.717) is 19.7 Å². The van der Waals surface area contributed by atoms with Crippen molar-refractivity contribution in [3.63, 3.8) is 0 Å². The topological polar surface area (TPSA) is 75.6 Å². The Hall–Kier alpha value is -1.31. The van der Waals surface area contributed by atoms with Crippen LogP contribution in [0.5, 0.6) is 0 Å². The highest BCUT2D eigenvalue weighted by molar-refractivity contribution is 7.98. The number of hydrogen-bond donors (Lipinski definition) is 0. The van der Waals surface area contributed by atoms with Crippen LogP contribution in [0.15, 0.2) is 29.4 Å². The van der Waals surface area contributed by atoms with Crippen LogP contribution in [-0.2, 0) is 20.7 Å². The largest absolute Gasteiger partial charge is 0.360 e. The van der Waals surface area contributed by atoms with Crippen molar-refractivity contribution in [1.82, 2.24) is 14.3 Å². The van der Waals surface area contributed by atoms with Crippen LogP contribution in [0.1, 0.15) is 12.0 Å². The molecule has 1 aliphatic rings. The average Bonchev–Trinajstić information content (AvgIpc) is 2.65. The molecule has 0 saturated carbocycles. The number of aromatic nitrogens is 2. The quantitative estimate of drug-likeness (QED) is 0.103. The molecule has 1 aliphatic heterocycles. The molecular weight excluding hydrogens is 510 g/mol. The standard InChI is InChI=1S/C20H27ClF2N4O3S2Si/c1-33(2,3)11-10-30-14-27(32(28,29)26-8-5-9-26)18-12-17(21)24-20(25-18)31-13-15-6-4-7-16(22)19(15)23/h4,6-7,12H,5,8-11,13-14H2,1-3H3. The minimum absolute atomic E-state index is 0.0353. The van der Waals surface area contributed by atoms with Crippen LogP contribution in [0.3, 0.4) is 0 Å². The van der Waals surface area contributed by atoms with Gasteiger partial charge in [0.25, 0.3) is 0 Å². The second-order valence-corrected chi connectivity index (χ2v) is 17.6. The van der Waals surface area contributed by atoms with Crippen LogP contribution < -0.4 is 4.31 Å². The summed E-state index contributed by atoms with van der Waals surface area (Å²) in [5.74, 6) is -1.76. The summed E-state index contributed by atoms with van der Waals surface area (Å²) in [7, 11) is -5.21. The van der Waals surface area contributed by atoms with Gasteiger partial charge in [-0.1, -0.05) is 55.1 Å². The molecule has 0 unspecified atom stereocenters. The van der Waals surface area contributed by atoms with Gasteiger partial charge in [-0.2, -0.15) is 12.7 Å². The highest BCUT2D eigenvalue weighted by Gasteiger charge is 2.35. The number of anilines is 1. The van der Waals surface area contributed by atoms with E-state index < -0.39 is 29.9 Å². The second-order valence-electron chi connectivity index (χ2n) is 8.79. The van der Waals surface area contributed by atoms with Crippen LogP contribution in [0.25, 0.3) is 0 Å². The fourth-order valence-corrected chi connectivity index (χ4v) is 6.16.